The highest BCUT2D eigenvalue weighted by Gasteiger charge is 2.42. The third-order valence-corrected chi connectivity index (χ3v) is 7.32. The van der Waals surface area contributed by atoms with Gasteiger partial charge in [-0.1, -0.05) is 6.07 Å². The van der Waals surface area contributed by atoms with Crippen LogP contribution in [-0.2, 0) is 9.53 Å². The number of carbonyl (C=O) groups is 1. The highest BCUT2D eigenvalue weighted by Crippen LogP contribution is 2.45. The van der Waals surface area contributed by atoms with E-state index < -0.39 is 0 Å². The first-order valence-electron chi connectivity index (χ1n) is 12.8. The number of phenols is 1. The predicted molar refractivity (Wildman–Crippen MR) is 158 cm³/mol. The molecular formula is C30H31N5O4S. The first-order valence-corrected chi connectivity index (χ1v) is 13.2. The van der Waals surface area contributed by atoms with Crippen molar-refractivity contribution in [2.45, 2.75) is 25.9 Å². The van der Waals surface area contributed by atoms with Gasteiger partial charge in [0.05, 0.1) is 30.6 Å². The lowest BCUT2D eigenvalue weighted by Gasteiger charge is -2.29. The van der Waals surface area contributed by atoms with Gasteiger partial charge >= 0.3 is 0 Å². The summed E-state index contributed by atoms with van der Waals surface area (Å²) in [5.41, 5.74) is 6.23. The Hall–Kier alpha value is -4.41. The van der Waals surface area contributed by atoms with Crippen molar-refractivity contribution >= 4 is 34.6 Å². The number of aromatic hydroxyl groups is 1. The number of pyridine rings is 1. The van der Waals surface area contributed by atoms with Crippen molar-refractivity contribution < 1.29 is 19.4 Å². The van der Waals surface area contributed by atoms with Gasteiger partial charge in [-0.25, -0.2) is 0 Å². The molecule has 2 aromatic carbocycles. The number of rotatable bonds is 8. The van der Waals surface area contributed by atoms with E-state index in [4.69, 9.17) is 21.7 Å². The highest BCUT2D eigenvalue weighted by molar-refractivity contribution is 7.80. The summed E-state index contributed by atoms with van der Waals surface area (Å²) in [5.74, 6) is 0.445. The van der Waals surface area contributed by atoms with Crippen molar-refractivity contribution in [1.82, 2.24) is 14.9 Å². The Bertz CT molecular complexity index is 1540. The number of hydrogen-bond donors (Lipinski definition) is 3. The molecule has 5 rings (SSSR count). The second-order valence-electron chi connectivity index (χ2n) is 9.54. The standard InChI is InChI=1S/C30H31N5O4S/c1-18-15-23(19(2)34(18)20-8-11-22(36)12-9-20)29-28(24-7-5-6-14-31-24)33-30(40)35(29)21-10-13-26(39-4)25(16-21)32-27(37)17-38-3/h5-16,28-29,36H,17H2,1-4H3,(H,32,37)(H,33,40)/t28-,29-/m1/s1. The topological polar surface area (TPSA) is 101 Å². The number of nitrogens with one attached hydrogen (secondary N) is 2. The van der Waals surface area contributed by atoms with Gasteiger partial charge in [-0.15, -0.1) is 0 Å². The molecule has 1 fully saturated rings. The molecule has 0 radical (unpaired) electrons. The smallest absolute Gasteiger partial charge is 0.250 e. The number of ether oxygens (including phenoxy) is 2. The minimum Gasteiger partial charge on any atom is -0.508 e. The van der Waals surface area contributed by atoms with Crippen molar-refractivity contribution in [2.75, 3.05) is 31.0 Å². The lowest BCUT2D eigenvalue weighted by molar-refractivity contribution is -0.119. The van der Waals surface area contributed by atoms with Crippen LogP contribution in [0.3, 0.4) is 0 Å². The summed E-state index contributed by atoms with van der Waals surface area (Å²) in [6.45, 7) is 4.06. The van der Waals surface area contributed by atoms with Crippen LogP contribution in [0.1, 0.15) is 34.7 Å². The van der Waals surface area contributed by atoms with Gasteiger partial charge in [0.2, 0.25) is 5.91 Å². The third kappa shape index (κ3) is 5.11. The van der Waals surface area contributed by atoms with Crippen molar-refractivity contribution in [3.05, 3.63) is 95.6 Å². The summed E-state index contributed by atoms with van der Waals surface area (Å²) in [4.78, 5) is 19.1. The van der Waals surface area contributed by atoms with Crippen LogP contribution in [0.2, 0.25) is 0 Å². The van der Waals surface area contributed by atoms with Crippen molar-refractivity contribution in [3.8, 4) is 17.2 Å². The lowest BCUT2D eigenvalue weighted by atomic mass is 9.96. The molecule has 1 aliphatic heterocycles. The number of aromatic nitrogens is 2. The zero-order valence-corrected chi connectivity index (χ0v) is 23.5. The van der Waals surface area contributed by atoms with Gasteiger partial charge < -0.3 is 34.7 Å². The molecule has 1 saturated heterocycles. The van der Waals surface area contributed by atoms with E-state index in [1.54, 1.807) is 25.4 Å². The fourth-order valence-corrected chi connectivity index (χ4v) is 5.64. The van der Waals surface area contributed by atoms with E-state index in [0.29, 0.717) is 16.5 Å². The Morgan fingerprint density at radius 1 is 1.07 bits per heavy atom. The van der Waals surface area contributed by atoms with Gasteiger partial charge in [-0.3, -0.25) is 9.78 Å². The number of aryl methyl sites for hydroxylation is 1. The molecule has 1 amide bonds. The summed E-state index contributed by atoms with van der Waals surface area (Å²) < 4.78 is 12.7. The van der Waals surface area contributed by atoms with Crippen LogP contribution in [-0.4, -0.2) is 46.5 Å². The molecule has 9 nitrogen and oxygen atoms in total. The number of carbonyl (C=O) groups excluding carboxylic acids is 1. The van der Waals surface area contributed by atoms with Gasteiger partial charge in [0, 0.05) is 36.1 Å². The Morgan fingerprint density at radius 2 is 1.82 bits per heavy atom. The van der Waals surface area contributed by atoms with Crippen molar-refractivity contribution in [3.63, 3.8) is 0 Å². The fraction of sp³-hybridized carbons (Fsp3) is 0.233. The number of nitrogens with zero attached hydrogens (tertiary/aromatic N) is 3. The number of methoxy groups -OCH3 is 2. The summed E-state index contributed by atoms with van der Waals surface area (Å²) in [5, 5.41) is 16.7. The van der Waals surface area contributed by atoms with E-state index in [2.05, 4.69) is 45.0 Å². The van der Waals surface area contributed by atoms with Crippen LogP contribution in [0, 0.1) is 13.8 Å². The molecule has 2 atom stereocenters. The summed E-state index contributed by atoms with van der Waals surface area (Å²) in [6.07, 6.45) is 1.77. The second kappa shape index (κ2) is 11.4. The number of amides is 1. The summed E-state index contributed by atoms with van der Waals surface area (Å²) in [6, 6.07) is 20.2. The number of phenolic OH excluding ortho intramolecular Hbond substituents is 1. The van der Waals surface area contributed by atoms with E-state index in [1.165, 1.54) is 7.11 Å². The Balaban J connectivity index is 1.64. The number of benzene rings is 2. The number of hydrogen-bond acceptors (Lipinski definition) is 6. The van der Waals surface area contributed by atoms with E-state index in [9.17, 15) is 9.90 Å². The van der Waals surface area contributed by atoms with Gasteiger partial charge in [-0.2, -0.15) is 0 Å². The Kier molecular flexibility index (Phi) is 7.72. The maximum atomic E-state index is 12.4. The van der Waals surface area contributed by atoms with Gasteiger partial charge in [0.15, 0.2) is 5.11 Å². The first kappa shape index (κ1) is 27.2. The monoisotopic (exact) mass is 557 g/mol. The maximum absolute atomic E-state index is 12.4. The van der Waals surface area contributed by atoms with Crippen molar-refractivity contribution in [1.29, 1.82) is 0 Å². The molecule has 0 spiro atoms. The maximum Gasteiger partial charge on any atom is 0.250 e. The first-order chi connectivity index (χ1) is 19.3. The SMILES string of the molecule is COCC(=O)Nc1cc(N2C(=S)N[C@H](c3ccccn3)[C@H]2c2cc(C)n(-c3ccc(O)cc3)c2C)ccc1OC. The molecule has 3 N–H and O–H groups in total. The lowest BCUT2D eigenvalue weighted by Crippen LogP contribution is -2.29. The quantitative estimate of drug-likeness (QED) is 0.261. The van der Waals surface area contributed by atoms with E-state index in [0.717, 1.165) is 34.0 Å². The highest BCUT2D eigenvalue weighted by atomic mass is 32.1. The molecule has 0 bridgehead atoms. The molecule has 40 heavy (non-hydrogen) atoms. The molecular weight excluding hydrogens is 526 g/mol. The average molecular weight is 558 g/mol. The predicted octanol–water partition coefficient (Wildman–Crippen LogP) is 4.97. The minimum absolute atomic E-state index is 0.0787. The average Bonchev–Trinajstić information content (AvgIpc) is 3.44. The van der Waals surface area contributed by atoms with Crippen LogP contribution in [0.5, 0.6) is 11.5 Å². The molecule has 0 aliphatic carbocycles. The molecule has 3 heterocycles. The second-order valence-corrected chi connectivity index (χ2v) is 9.93. The number of anilines is 2. The zero-order chi connectivity index (χ0) is 28.4. The molecule has 0 unspecified atom stereocenters. The Morgan fingerprint density at radius 3 is 2.50 bits per heavy atom. The van der Waals surface area contributed by atoms with Gasteiger partial charge in [0.1, 0.15) is 18.1 Å². The zero-order valence-electron chi connectivity index (χ0n) is 22.7. The largest absolute Gasteiger partial charge is 0.508 e. The van der Waals surface area contributed by atoms with Crippen LogP contribution in [0.15, 0.2) is 72.9 Å². The van der Waals surface area contributed by atoms with Gasteiger partial charge in [0.25, 0.3) is 0 Å². The molecule has 1 aliphatic rings. The van der Waals surface area contributed by atoms with E-state index in [-0.39, 0.29) is 30.3 Å². The van der Waals surface area contributed by atoms with Crippen LogP contribution >= 0.6 is 12.2 Å². The Labute approximate surface area is 238 Å². The number of thiocarbonyl (C=S) groups is 1. The van der Waals surface area contributed by atoms with Gasteiger partial charge in [-0.05, 0) is 92.3 Å². The fourth-order valence-electron chi connectivity index (χ4n) is 5.30. The summed E-state index contributed by atoms with van der Waals surface area (Å²) in [7, 11) is 3.03. The molecule has 2 aromatic heterocycles. The molecule has 0 saturated carbocycles. The van der Waals surface area contributed by atoms with Crippen molar-refractivity contribution in [2.24, 2.45) is 0 Å². The van der Waals surface area contributed by atoms with E-state index in [1.807, 2.05) is 48.5 Å². The normalized spacial score (nSPS) is 16.6. The van der Waals surface area contributed by atoms with Crippen LogP contribution < -0.4 is 20.3 Å². The molecule has 4 aromatic rings. The summed E-state index contributed by atoms with van der Waals surface area (Å²) >= 11 is 5.92. The van der Waals surface area contributed by atoms with Crippen LogP contribution in [0.25, 0.3) is 5.69 Å². The van der Waals surface area contributed by atoms with E-state index >= 15 is 0 Å². The molecule has 10 heteroatoms. The van der Waals surface area contributed by atoms with Crippen LogP contribution in [0.4, 0.5) is 11.4 Å². The molecule has 206 valence electrons. The third-order valence-electron chi connectivity index (χ3n) is 7.01. The minimum atomic E-state index is -0.291.